The van der Waals surface area contributed by atoms with Crippen LogP contribution >= 0.6 is 0 Å². The lowest BCUT2D eigenvalue weighted by Crippen LogP contribution is -2.39. The highest BCUT2D eigenvalue weighted by Crippen LogP contribution is 2.40. The monoisotopic (exact) mass is 624 g/mol. The number of hydrogen-bond acceptors (Lipinski definition) is 6. The summed E-state index contributed by atoms with van der Waals surface area (Å²) in [5.74, 6) is 3.43. The minimum Gasteiger partial charge on any atom is -0.493 e. The molecule has 0 aromatic heterocycles. The van der Waals surface area contributed by atoms with Gasteiger partial charge in [-0.25, -0.2) is 5.53 Å². The van der Waals surface area contributed by atoms with Crippen LogP contribution in [0.4, 0.5) is 0 Å². The van der Waals surface area contributed by atoms with Crippen molar-refractivity contribution < 1.29 is 9.47 Å². The fraction of sp³-hybridized carbons (Fsp3) is 0.658. The highest BCUT2D eigenvalue weighted by Gasteiger charge is 2.32. The number of nitrogens with two attached hydrogens (primary N) is 1. The van der Waals surface area contributed by atoms with Crippen LogP contribution < -0.4 is 15.2 Å². The van der Waals surface area contributed by atoms with Crippen molar-refractivity contribution in [3.8, 4) is 11.5 Å². The van der Waals surface area contributed by atoms with E-state index in [-0.39, 0.29) is 5.84 Å². The molecular weight excluding hydrogens is 558 g/mol. The second kappa shape index (κ2) is 21.9. The van der Waals surface area contributed by atoms with E-state index in [9.17, 15) is 0 Å². The van der Waals surface area contributed by atoms with Gasteiger partial charge >= 0.3 is 0 Å². The van der Waals surface area contributed by atoms with Gasteiger partial charge in [-0.2, -0.15) is 0 Å². The number of rotatable bonds is 13. The van der Waals surface area contributed by atoms with Crippen molar-refractivity contribution in [2.45, 2.75) is 112 Å². The Morgan fingerprint density at radius 2 is 1.58 bits per heavy atom. The Bertz CT molecular complexity index is 1080. The maximum atomic E-state index is 8.29. The fourth-order valence-electron chi connectivity index (χ4n) is 5.43. The molecule has 0 spiro atoms. The highest BCUT2D eigenvalue weighted by molar-refractivity contribution is 5.87. The molecule has 4 N–H and O–H groups in total. The molecule has 7 nitrogen and oxygen atoms in total. The topological polar surface area (TPSA) is 108 Å². The summed E-state index contributed by atoms with van der Waals surface area (Å²) < 4.78 is 11.0. The van der Waals surface area contributed by atoms with Gasteiger partial charge in [-0.3, -0.25) is 10.3 Å². The zero-order chi connectivity index (χ0) is 33.8. The maximum absolute atomic E-state index is 8.29. The average molecular weight is 624 g/mol. The smallest absolute Gasteiger partial charge is 0.165 e. The van der Waals surface area contributed by atoms with Crippen molar-refractivity contribution in [1.29, 1.82) is 10.9 Å². The molecule has 0 radical (unpaired) electrons. The summed E-state index contributed by atoms with van der Waals surface area (Å²) >= 11 is 0. The van der Waals surface area contributed by atoms with E-state index >= 15 is 0 Å². The minimum absolute atomic E-state index is 0.0136. The first-order valence-corrected chi connectivity index (χ1v) is 17.2. The Morgan fingerprint density at radius 1 is 0.956 bits per heavy atom. The standard InChI is InChI=1S/C21H26N4O2.C11H25N.C6H14/c1-26-18-10-6-9-17(20(18)27-2)19(21(22)24-23)25-13-11-16(12-14-25)15-7-4-3-5-8-15;1-4-6-11(9-12)8-7-10(3)5-2;1-5-6(2,3)4/h3-10,16,19,22-23H,11-14H2,1-2H3;10-11H,4-9,12H2,1-3H3;5H2,1-4H3. The summed E-state index contributed by atoms with van der Waals surface area (Å²) in [5, 5.41) is 11.7. The predicted octanol–water partition coefficient (Wildman–Crippen LogP) is 10.3. The maximum Gasteiger partial charge on any atom is 0.165 e. The largest absolute Gasteiger partial charge is 0.493 e. The molecule has 0 amide bonds. The van der Waals surface area contributed by atoms with Crippen LogP contribution in [0.5, 0.6) is 11.5 Å². The van der Waals surface area contributed by atoms with E-state index in [1.807, 2.05) is 24.3 Å². The van der Waals surface area contributed by atoms with Crippen LogP contribution in [0, 0.1) is 28.2 Å². The van der Waals surface area contributed by atoms with Crippen LogP contribution in [-0.4, -0.2) is 44.6 Å². The minimum atomic E-state index is -0.413. The third kappa shape index (κ3) is 14.5. The first kappa shape index (κ1) is 40.3. The lowest BCUT2D eigenvalue weighted by atomic mass is 9.88. The van der Waals surface area contributed by atoms with Gasteiger partial charge in [0, 0.05) is 5.56 Å². The van der Waals surface area contributed by atoms with E-state index in [0.29, 0.717) is 22.8 Å². The predicted molar refractivity (Wildman–Crippen MR) is 191 cm³/mol. The van der Waals surface area contributed by atoms with E-state index in [1.54, 1.807) is 14.2 Å². The second-order valence-electron chi connectivity index (χ2n) is 13.6. The van der Waals surface area contributed by atoms with Crippen LogP contribution in [0.1, 0.15) is 123 Å². The third-order valence-corrected chi connectivity index (χ3v) is 9.13. The molecule has 3 rings (SSSR count). The van der Waals surface area contributed by atoms with Gasteiger partial charge in [0.25, 0.3) is 0 Å². The molecule has 254 valence electrons. The lowest BCUT2D eigenvalue weighted by molar-refractivity contribution is 0.183. The van der Waals surface area contributed by atoms with Crippen molar-refractivity contribution in [3.05, 3.63) is 59.7 Å². The van der Waals surface area contributed by atoms with Crippen molar-refractivity contribution in [3.63, 3.8) is 0 Å². The number of ether oxygens (including phenoxy) is 2. The zero-order valence-corrected chi connectivity index (χ0v) is 30.0. The van der Waals surface area contributed by atoms with E-state index in [4.69, 9.17) is 26.1 Å². The second-order valence-corrected chi connectivity index (χ2v) is 13.6. The molecule has 2 aromatic carbocycles. The van der Waals surface area contributed by atoms with Crippen LogP contribution in [-0.2, 0) is 0 Å². The van der Waals surface area contributed by atoms with Gasteiger partial charge in [0.05, 0.1) is 14.2 Å². The summed E-state index contributed by atoms with van der Waals surface area (Å²) in [6, 6.07) is 15.8. The summed E-state index contributed by atoms with van der Waals surface area (Å²) in [7, 11) is 3.20. The van der Waals surface area contributed by atoms with Crippen molar-refractivity contribution in [2.75, 3.05) is 33.9 Å². The lowest BCUT2D eigenvalue weighted by Gasteiger charge is -2.37. The normalized spacial score (nSPS) is 15.8. The number of para-hydroxylation sites is 1. The first-order chi connectivity index (χ1) is 21.5. The Labute approximate surface area is 275 Å². The van der Waals surface area contributed by atoms with Crippen LogP contribution in [0.25, 0.3) is 0 Å². The number of likely N-dealkylation sites (tertiary alicyclic amines) is 1. The summed E-state index contributed by atoms with van der Waals surface area (Å²) in [5.41, 5.74) is 15.8. The number of amidine groups is 1. The van der Waals surface area contributed by atoms with Crippen molar-refractivity contribution in [1.82, 2.24) is 4.90 Å². The number of hydrogen-bond donors (Lipinski definition) is 3. The van der Waals surface area contributed by atoms with E-state index in [2.05, 4.69) is 82.7 Å². The van der Waals surface area contributed by atoms with Gasteiger partial charge in [-0.05, 0) is 80.1 Å². The molecule has 1 aliphatic heterocycles. The number of piperidine rings is 1. The SMILES string of the molecule is CCC(C)(C)C.CCCC(CN)CCC(C)CC.COc1cccc(C(C(=N)N=N)N2CCC(c3ccccc3)CC2)c1OC. The average Bonchev–Trinajstić information content (AvgIpc) is 3.07. The molecule has 0 saturated carbocycles. The Hall–Kier alpha value is -2.77. The van der Waals surface area contributed by atoms with Gasteiger partial charge in [0.1, 0.15) is 6.04 Å². The number of methoxy groups -OCH3 is 2. The molecule has 0 bridgehead atoms. The molecule has 3 atom stereocenters. The molecular formula is C38H65N5O2. The summed E-state index contributed by atoms with van der Waals surface area (Å²) in [6.07, 6.45) is 9.89. The summed E-state index contributed by atoms with van der Waals surface area (Å²) in [4.78, 5) is 2.22. The molecule has 0 aliphatic carbocycles. The molecule has 1 aliphatic rings. The van der Waals surface area contributed by atoms with Crippen molar-refractivity contribution in [2.24, 2.45) is 28.1 Å². The van der Waals surface area contributed by atoms with Crippen LogP contribution in [0.2, 0.25) is 0 Å². The van der Waals surface area contributed by atoms with Gasteiger partial charge in [-0.15, -0.1) is 5.11 Å². The van der Waals surface area contributed by atoms with Gasteiger partial charge < -0.3 is 15.2 Å². The van der Waals surface area contributed by atoms with E-state index < -0.39 is 6.04 Å². The van der Waals surface area contributed by atoms with Gasteiger partial charge in [0.2, 0.25) is 0 Å². The molecule has 3 unspecified atom stereocenters. The van der Waals surface area contributed by atoms with Gasteiger partial charge in [0.15, 0.2) is 17.3 Å². The third-order valence-electron chi connectivity index (χ3n) is 9.13. The quantitative estimate of drug-likeness (QED) is 0.117. The van der Waals surface area contributed by atoms with Crippen LogP contribution in [0.3, 0.4) is 0 Å². The Kier molecular flexibility index (Phi) is 19.6. The number of nitrogens with zero attached hydrogens (tertiary/aromatic N) is 2. The Balaban J connectivity index is 0.000000466. The molecule has 45 heavy (non-hydrogen) atoms. The molecule has 2 aromatic rings. The molecule has 7 heteroatoms. The first-order valence-electron chi connectivity index (χ1n) is 17.2. The van der Waals surface area contributed by atoms with E-state index in [0.717, 1.165) is 49.9 Å². The van der Waals surface area contributed by atoms with Crippen molar-refractivity contribution >= 4 is 5.84 Å². The zero-order valence-electron chi connectivity index (χ0n) is 30.0. The molecule has 1 fully saturated rings. The molecule has 1 saturated heterocycles. The summed E-state index contributed by atoms with van der Waals surface area (Å²) in [6.45, 7) is 18.3. The van der Waals surface area contributed by atoms with Crippen LogP contribution in [0.15, 0.2) is 53.6 Å². The number of nitrogens with one attached hydrogen (secondary N) is 2. The molecule has 1 heterocycles. The number of benzene rings is 2. The van der Waals surface area contributed by atoms with E-state index in [1.165, 1.54) is 44.1 Å². The Morgan fingerprint density at radius 3 is 2.04 bits per heavy atom. The fourth-order valence-corrected chi connectivity index (χ4v) is 5.43. The highest BCUT2D eigenvalue weighted by atomic mass is 16.5. The van der Waals surface area contributed by atoms with Gasteiger partial charge in [-0.1, -0.05) is 117 Å².